The lowest BCUT2D eigenvalue weighted by molar-refractivity contribution is -0.485. The van der Waals surface area contributed by atoms with Gasteiger partial charge in [-0.25, -0.2) is 0 Å². The van der Waals surface area contributed by atoms with Gasteiger partial charge in [0.1, 0.15) is 59.2 Å². The van der Waals surface area contributed by atoms with E-state index in [2.05, 4.69) is 57.1 Å². The number of fused-ring (bicyclic) bond motifs is 6. The minimum atomic E-state index is -3.27. The number of halogens is 2. The fourth-order valence-corrected chi connectivity index (χ4v) is 17.9. The molecule has 9 aliphatic rings. The molecule has 30 atom stereocenters. The molecule has 0 aromatic heterocycles. The predicted molar refractivity (Wildman–Crippen MR) is 377 cm³/mol. The Balaban J connectivity index is 0.000000180. The van der Waals surface area contributed by atoms with Crippen LogP contribution in [-0.4, -0.2) is 251 Å². The van der Waals surface area contributed by atoms with Gasteiger partial charge in [-0.1, -0.05) is 107 Å². The van der Waals surface area contributed by atoms with E-state index in [0.717, 1.165) is 30.4 Å². The van der Waals surface area contributed by atoms with Gasteiger partial charge in [0.2, 0.25) is 36.2 Å². The summed E-state index contributed by atoms with van der Waals surface area (Å²) in [5.41, 5.74) is -0.519. The number of unbranched alkanes of at least 4 members (excludes halogenated alkanes) is 1. The van der Waals surface area contributed by atoms with Crippen molar-refractivity contribution in [3.8, 4) is 5.75 Å². The maximum atomic E-state index is 13.1. The standard InChI is InChI=1S/C26H39F2NO8.2C25H39NO7.CH4/c1-5-17-19(30)18(29-4)21-22(20(17)31)35-23-26(33,37-21)25(32,13-14(2)34-23)12-6-7-15-8-10-16(11-9-15)36-24(3,27)28;1-5-17-19(27)18(26-4)21-22(20(17)28)32-23-25(30,33-21)24(29,13-15(3)31-23)12-6-7-16-10-8-14(2)9-11-16;1-4-17-19(27)18(26-3)21-22(20(17)28)32-23-25(30,33-21)24(29,14-15(2)31-23)13-9-8-12-16-10-6-5-7-11-16;/h8-11,14,17-23,29-33H,5-7,12-13H2,1-4H3;8-11,15,17-23,26-30H,5-7,12-13H2,1-4H3;5-7,10-11,15,17-23,26-30H,4,8-9,12-14H2,1-3H3;1H4/t14-,17-,18+,19+,20+,21-,22-,23+,25-,26-;2*15-,17-,18+,19+,20+,21-,22-,23+,24-,25-;/m111./s1. The van der Waals surface area contributed by atoms with E-state index in [9.17, 15) is 70.1 Å². The van der Waals surface area contributed by atoms with Crippen molar-refractivity contribution >= 4 is 0 Å². The summed E-state index contributed by atoms with van der Waals surface area (Å²) in [4.78, 5) is 0. The predicted octanol–water partition coefficient (Wildman–Crippen LogP) is 4.42. The first-order valence-electron chi connectivity index (χ1n) is 37.3. The van der Waals surface area contributed by atoms with Gasteiger partial charge in [-0.2, -0.15) is 8.78 Å². The van der Waals surface area contributed by atoms with E-state index in [1.165, 1.54) is 23.3 Å². The van der Waals surface area contributed by atoms with Crippen LogP contribution in [0.2, 0.25) is 0 Å². The van der Waals surface area contributed by atoms with E-state index in [-0.39, 0.29) is 57.5 Å². The van der Waals surface area contributed by atoms with Gasteiger partial charge in [-0.3, -0.25) is 0 Å². The van der Waals surface area contributed by atoms with Crippen molar-refractivity contribution in [2.45, 2.75) is 334 Å². The molecule has 0 spiro atoms. The molecule has 25 nitrogen and oxygen atoms in total. The number of aryl methyl sites for hydroxylation is 4. The number of aliphatic hydroxyl groups excluding tert-OH is 6. The number of nitrogens with one attached hydrogen (secondary N) is 3. The molecule has 27 heteroatoms. The summed E-state index contributed by atoms with van der Waals surface area (Å²) >= 11 is 0. The molecule has 6 saturated heterocycles. The average Bonchev–Trinajstić information content (AvgIpc) is 0.726. The first-order valence-corrected chi connectivity index (χ1v) is 37.3. The minimum Gasteiger partial charge on any atom is -0.433 e. The second-order valence-corrected chi connectivity index (χ2v) is 30.7. The van der Waals surface area contributed by atoms with Crippen molar-refractivity contribution in [2.75, 3.05) is 21.1 Å². The van der Waals surface area contributed by atoms with Crippen LogP contribution >= 0.6 is 0 Å². The lowest BCUT2D eigenvalue weighted by Crippen LogP contribution is -2.78. The highest BCUT2D eigenvalue weighted by Crippen LogP contribution is 2.53. The van der Waals surface area contributed by atoms with E-state index < -0.39 is 174 Å². The van der Waals surface area contributed by atoms with E-state index in [1.807, 2.05) is 59.7 Å². The second kappa shape index (κ2) is 34.3. The molecule has 12 rings (SSSR count). The van der Waals surface area contributed by atoms with Crippen molar-refractivity contribution in [1.29, 1.82) is 0 Å². The second-order valence-electron chi connectivity index (χ2n) is 30.7. The first kappa shape index (κ1) is 84.4. The number of alkyl halides is 2. The molecule has 0 amide bonds. The average molecular weight is 1480 g/mol. The number of ether oxygens (including phenoxy) is 10. The maximum Gasteiger partial charge on any atom is 0.394 e. The lowest BCUT2D eigenvalue weighted by atomic mass is 9.73. The summed E-state index contributed by atoms with van der Waals surface area (Å²) < 4.78 is 85.0. The van der Waals surface area contributed by atoms with Crippen LogP contribution in [0.15, 0.2) is 78.9 Å². The summed E-state index contributed by atoms with van der Waals surface area (Å²) in [7, 11) is 5.05. The fourth-order valence-electron chi connectivity index (χ4n) is 17.9. The molecule has 15 N–H and O–H groups in total. The van der Waals surface area contributed by atoms with E-state index >= 15 is 0 Å². The van der Waals surface area contributed by atoms with Gasteiger partial charge in [0.15, 0.2) is 0 Å². The number of rotatable bonds is 21. The molecule has 590 valence electrons. The third-order valence-electron chi connectivity index (χ3n) is 23.5. The molecule has 3 aromatic carbocycles. The third kappa shape index (κ3) is 17.0. The minimum absolute atomic E-state index is 0. The highest BCUT2D eigenvalue weighted by molar-refractivity contribution is 5.28. The van der Waals surface area contributed by atoms with Gasteiger partial charge in [0.25, 0.3) is 0 Å². The molecule has 0 radical (unpaired) electrons. The molecule has 6 heterocycles. The largest absolute Gasteiger partial charge is 0.433 e. The van der Waals surface area contributed by atoms with Crippen molar-refractivity contribution < 1.29 is 117 Å². The zero-order valence-electron chi connectivity index (χ0n) is 61.4. The highest BCUT2D eigenvalue weighted by atomic mass is 19.3. The Labute approximate surface area is 611 Å². The van der Waals surface area contributed by atoms with Crippen molar-refractivity contribution in [3.05, 3.63) is 101 Å². The monoisotopic (exact) mass is 1480 g/mol. The smallest absolute Gasteiger partial charge is 0.394 e. The molecular weight excluding hydrogens is 1360 g/mol. The van der Waals surface area contributed by atoms with E-state index in [1.54, 1.807) is 40.2 Å². The van der Waals surface area contributed by atoms with Gasteiger partial charge >= 0.3 is 6.11 Å². The highest BCUT2D eigenvalue weighted by Gasteiger charge is 2.72. The van der Waals surface area contributed by atoms with Crippen LogP contribution in [-0.2, 0) is 61.9 Å². The summed E-state index contributed by atoms with van der Waals surface area (Å²) in [5, 5.41) is 145. The van der Waals surface area contributed by atoms with E-state index in [0.29, 0.717) is 58.3 Å². The number of likely N-dealkylation sites (N-methyl/N-ethyl adjacent to an activating group) is 3. The molecular formula is C77H121F2N3O22. The van der Waals surface area contributed by atoms with Crippen LogP contribution in [0, 0.1) is 24.7 Å². The SMILES string of the molecule is C.CC[C@@H]1[C@H](O)[C@H](NC)[C@H]2O[C@]3(O)[C@H](O[C@@H]2[C@H]1O)O[C@H](C)C[C@]3(O)CCCCc1ccccc1.CC[C@@H]1[C@H](O)[C@H](NC)[C@H]2O[C@]3(O)[C@H](O[C@@H]2[C@H]1O)O[C@H](C)C[C@]3(O)CCCc1ccc(C)cc1.CC[C@@H]1[C@H](O)[C@H](NC)[C@H]2O[C@]3(O)[C@H](O[C@@H]2[C@H]1O)O[C@H](C)C[C@]3(O)CCCc1ccc(OC(C)(F)F)cc1. The number of hydrogen-bond acceptors (Lipinski definition) is 25. The normalized spacial score (nSPS) is 43.7. The van der Waals surface area contributed by atoms with Gasteiger partial charge in [0.05, 0.1) is 73.1 Å². The molecule has 3 aromatic rings. The molecule has 9 fully saturated rings. The zero-order valence-corrected chi connectivity index (χ0v) is 61.4. The zero-order chi connectivity index (χ0) is 74.9. The topological polar surface area (TPSA) is 371 Å². The molecule has 104 heavy (non-hydrogen) atoms. The van der Waals surface area contributed by atoms with Crippen molar-refractivity contribution in [3.63, 3.8) is 0 Å². The third-order valence-corrected chi connectivity index (χ3v) is 23.5. The fraction of sp³-hybridized carbons (Fsp3) is 0.766. The molecule has 0 unspecified atom stereocenters. The number of aliphatic hydroxyl groups is 12. The summed E-state index contributed by atoms with van der Waals surface area (Å²) in [6, 6.07) is 22.9. The quantitative estimate of drug-likeness (QED) is 0.0656. The summed E-state index contributed by atoms with van der Waals surface area (Å²) in [5.74, 6) is -7.70. The van der Waals surface area contributed by atoms with Crippen LogP contribution in [0.3, 0.4) is 0 Å². The Morgan fingerprint density at radius 1 is 0.433 bits per heavy atom. The van der Waals surface area contributed by atoms with Gasteiger partial charge in [-0.05, 0) is 155 Å². The van der Waals surface area contributed by atoms with Gasteiger partial charge in [0, 0.05) is 43.9 Å². The first-order chi connectivity index (χ1) is 48.7. The lowest BCUT2D eigenvalue weighted by Gasteiger charge is -2.60. The Morgan fingerprint density at radius 3 is 1.06 bits per heavy atom. The van der Waals surface area contributed by atoms with Crippen LogP contribution < -0.4 is 20.7 Å². The Hall–Kier alpha value is -3.64. The van der Waals surface area contributed by atoms with Crippen molar-refractivity contribution in [2.24, 2.45) is 17.8 Å². The van der Waals surface area contributed by atoms with Gasteiger partial charge in [-0.15, -0.1) is 0 Å². The van der Waals surface area contributed by atoms with Gasteiger partial charge < -0.3 is 125 Å². The number of benzene rings is 3. The van der Waals surface area contributed by atoms with Crippen LogP contribution in [0.5, 0.6) is 5.75 Å². The molecule has 3 aliphatic carbocycles. The molecule has 6 aliphatic heterocycles. The molecule has 3 saturated carbocycles. The summed E-state index contributed by atoms with van der Waals surface area (Å²) in [6.45, 7) is 13.8. The van der Waals surface area contributed by atoms with Crippen LogP contribution in [0.25, 0.3) is 0 Å². The Morgan fingerprint density at radius 2 is 0.740 bits per heavy atom. The summed E-state index contributed by atoms with van der Waals surface area (Å²) in [6.07, 6.45) is -11.6. The van der Waals surface area contributed by atoms with E-state index in [4.69, 9.17) is 42.6 Å². The molecule has 0 bridgehead atoms. The number of hydrogen-bond donors (Lipinski definition) is 15. The van der Waals surface area contributed by atoms with Crippen molar-refractivity contribution in [1.82, 2.24) is 16.0 Å². The Bertz CT molecular complexity index is 3160. The maximum absolute atomic E-state index is 13.1. The van der Waals surface area contributed by atoms with Crippen LogP contribution in [0.1, 0.15) is 162 Å². The van der Waals surface area contributed by atoms with Crippen LogP contribution in [0.4, 0.5) is 8.78 Å². The Kier molecular flexibility index (Phi) is 27.8.